The molecule has 0 aromatic heterocycles. The van der Waals surface area contributed by atoms with Crippen molar-refractivity contribution in [3.63, 3.8) is 0 Å². The fourth-order valence-corrected chi connectivity index (χ4v) is 3.61. The lowest BCUT2D eigenvalue weighted by Crippen LogP contribution is -2.43. The van der Waals surface area contributed by atoms with Crippen molar-refractivity contribution in [2.24, 2.45) is 0 Å². The summed E-state index contributed by atoms with van der Waals surface area (Å²) in [5, 5.41) is 11.5. The van der Waals surface area contributed by atoms with Crippen molar-refractivity contribution < 1.29 is 9.84 Å². The van der Waals surface area contributed by atoms with Gasteiger partial charge < -0.3 is 9.84 Å². The van der Waals surface area contributed by atoms with E-state index in [1.54, 1.807) is 0 Å². The number of nitrogens with zero attached hydrogens (tertiary/aromatic N) is 1. The van der Waals surface area contributed by atoms with E-state index in [0.29, 0.717) is 0 Å². The maximum Gasteiger partial charge on any atom is 0.0949 e. The average Bonchev–Trinajstić information content (AvgIpc) is 2.67. The van der Waals surface area contributed by atoms with Crippen molar-refractivity contribution >= 4 is 0 Å². The Morgan fingerprint density at radius 2 is 1.68 bits per heavy atom. The van der Waals surface area contributed by atoms with Gasteiger partial charge in [0, 0.05) is 25.6 Å². The molecule has 0 aliphatic carbocycles. The van der Waals surface area contributed by atoms with Gasteiger partial charge in [0.2, 0.25) is 0 Å². The van der Waals surface area contributed by atoms with E-state index in [9.17, 15) is 5.11 Å². The van der Waals surface area contributed by atoms with Crippen LogP contribution in [0.4, 0.5) is 0 Å². The van der Waals surface area contributed by atoms with Crippen LogP contribution in [0.1, 0.15) is 36.5 Å². The van der Waals surface area contributed by atoms with Gasteiger partial charge in [0.1, 0.15) is 0 Å². The lowest BCUT2D eigenvalue weighted by molar-refractivity contribution is -0.0107. The summed E-state index contributed by atoms with van der Waals surface area (Å²) in [6, 6.07) is 18.8. The highest BCUT2D eigenvalue weighted by Crippen LogP contribution is 2.37. The van der Waals surface area contributed by atoms with Gasteiger partial charge in [-0.2, -0.15) is 0 Å². The molecule has 3 nitrogen and oxygen atoms in total. The zero-order valence-corrected chi connectivity index (χ0v) is 15.3. The summed E-state index contributed by atoms with van der Waals surface area (Å²) in [5.41, 5.74) is 2.53. The van der Waals surface area contributed by atoms with E-state index in [-0.39, 0.29) is 5.92 Å². The van der Waals surface area contributed by atoms with E-state index >= 15 is 0 Å². The molecule has 25 heavy (non-hydrogen) atoms. The minimum atomic E-state index is -0.925. The molecule has 3 rings (SSSR count). The second-order valence-corrected chi connectivity index (χ2v) is 7.07. The number of hydrogen-bond acceptors (Lipinski definition) is 3. The van der Waals surface area contributed by atoms with Gasteiger partial charge in [-0.1, -0.05) is 61.5 Å². The number of ether oxygens (including phenoxy) is 1. The van der Waals surface area contributed by atoms with Crippen molar-refractivity contribution in [3.8, 4) is 0 Å². The first-order valence-electron chi connectivity index (χ1n) is 9.28. The molecule has 2 atom stereocenters. The van der Waals surface area contributed by atoms with Crippen LogP contribution in [0.15, 0.2) is 54.6 Å². The van der Waals surface area contributed by atoms with Crippen LogP contribution in [-0.4, -0.2) is 42.9 Å². The Morgan fingerprint density at radius 1 is 1.04 bits per heavy atom. The Morgan fingerprint density at radius 3 is 2.28 bits per heavy atom. The molecule has 1 aliphatic heterocycles. The van der Waals surface area contributed by atoms with Gasteiger partial charge in [0.05, 0.1) is 18.8 Å². The van der Waals surface area contributed by atoms with E-state index < -0.39 is 5.60 Å². The molecule has 0 amide bonds. The summed E-state index contributed by atoms with van der Waals surface area (Å²) >= 11 is 0. The summed E-state index contributed by atoms with van der Waals surface area (Å²) in [5.74, 6) is 0.0132. The van der Waals surface area contributed by atoms with Crippen molar-refractivity contribution in [1.82, 2.24) is 4.90 Å². The Kier molecular flexibility index (Phi) is 5.89. The number of morpholine rings is 1. The zero-order valence-electron chi connectivity index (χ0n) is 15.3. The number of aliphatic hydroxyl groups is 1. The zero-order chi connectivity index (χ0) is 17.7. The largest absolute Gasteiger partial charge is 0.385 e. The SMILES string of the molecule is CCc1ccc([C@](C)(O)[C@@H](CN2CCOCC2)c2ccccc2)cc1. The molecule has 0 unspecified atom stereocenters. The Hall–Kier alpha value is -1.68. The predicted molar refractivity (Wildman–Crippen MR) is 102 cm³/mol. The molecule has 0 radical (unpaired) electrons. The lowest BCUT2D eigenvalue weighted by Gasteiger charge is -2.38. The molecular formula is C22H29NO2. The maximum absolute atomic E-state index is 11.5. The number of rotatable bonds is 6. The summed E-state index contributed by atoms with van der Waals surface area (Å²) in [7, 11) is 0. The lowest BCUT2D eigenvalue weighted by atomic mass is 9.78. The van der Waals surface area contributed by atoms with Crippen molar-refractivity contribution in [2.75, 3.05) is 32.8 Å². The van der Waals surface area contributed by atoms with E-state index in [2.05, 4.69) is 60.4 Å². The molecular weight excluding hydrogens is 310 g/mol. The maximum atomic E-state index is 11.5. The monoisotopic (exact) mass is 339 g/mol. The van der Waals surface area contributed by atoms with Crippen LogP contribution in [0.5, 0.6) is 0 Å². The van der Waals surface area contributed by atoms with Crippen molar-refractivity contribution in [2.45, 2.75) is 31.8 Å². The fourth-order valence-electron chi connectivity index (χ4n) is 3.61. The van der Waals surface area contributed by atoms with Crippen LogP contribution < -0.4 is 0 Å². The first-order chi connectivity index (χ1) is 12.1. The van der Waals surface area contributed by atoms with Crippen molar-refractivity contribution in [1.29, 1.82) is 0 Å². The van der Waals surface area contributed by atoms with Crippen LogP contribution in [0, 0.1) is 0 Å². The number of benzene rings is 2. The van der Waals surface area contributed by atoms with Crippen LogP contribution >= 0.6 is 0 Å². The summed E-state index contributed by atoms with van der Waals surface area (Å²) in [6.45, 7) is 8.33. The Bertz CT molecular complexity index is 645. The first kappa shape index (κ1) is 18.1. The second-order valence-electron chi connectivity index (χ2n) is 7.07. The van der Waals surface area contributed by atoms with Gasteiger partial charge in [-0.25, -0.2) is 0 Å². The van der Waals surface area contributed by atoms with Gasteiger partial charge in [0.25, 0.3) is 0 Å². The normalized spacial score (nSPS) is 19.3. The number of aryl methyl sites for hydroxylation is 1. The summed E-state index contributed by atoms with van der Waals surface area (Å²) in [6.07, 6.45) is 1.01. The third-order valence-electron chi connectivity index (χ3n) is 5.37. The third-order valence-corrected chi connectivity index (χ3v) is 5.37. The van der Waals surface area contributed by atoms with E-state index in [4.69, 9.17) is 4.74 Å². The molecule has 1 fully saturated rings. The minimum Gasteiger partial charge on any atom is -0.385 e. The molecule has 0 saturated carbocycles. The van der Waals surface area contributed by atoms with E-state index in [1.807, 2.05) is 13.0 Å². The van der Waals surface area contributed by atoms with Crippen LogP contribution in [0.25, 0.3) is 0 Å². The quantitative estimate of drug-likeness (QED) is 0.873. The van der Waals surface area contributed by atoms with Gasteiger partial charge in [0.15, 0.2) is 0 Å². The van der Waals surface area contributed by atoms with Gasteiger partial charge >= 0.3 is 0 Å². The van der Waals surface area contributed by atoms with Crippen LogP contribution in [-0.2, 0) is 16.8 Å². The molecule has 1 saturated heterocycles. The van der Waals surface area contributed by atoms with Crippen LogP contribution in [0.2, 0.25) is 0 Å². The summed E-state index contributed by atoms with van der Waals surface area (Å²) < 4.78 is 5.48. The minimum absolute atomic E-state index is 0.0132. The van der Waals surface area contributed by atoms with E-state index in [1.165, 1.54) is 11.1 Å². The average molecular weight is 339 g/mol. The molecule has 1 aliphatic rings. The standard InChI is InChI=1S/C22H29NO2/c1-3-18-9-11-20(12-10-18)22(2,24)21(19-7-5-4-6-8-19)17-23-13-15-25-16-14-23/h4-12,21,24H,3,13-17H2,1-2H3/t21-,22-/m0/s1. The third kappa shape index (κ3) is 4.30. The molecule has 1 N–H and O–H groups in total. The predicted octanol–water partition coefficient (Wildman–Crippen LogP) is 3.57. The molecule has 1 heterocycles. The van der Waals surface area contributed by atoms with Gasteiger partial charge in [-0.15, -0.1) is 0 Å². The van der Waals surface area contributed by atoms with Gasteiger partial charge in [-0.3, -0.25) is 4.90 Å². The molecule has 3 heteroatoms. The highest BCUT2D eigenvalue weighted by Gasteiger charge is 2.36. The molecule has 0 spiro atoms. The van der Waals surface area contributed by atoms with Crippen LogP contribution in [0.3, 0.4) is 0 Å². The molecule has 2 aromatic rings. The molecule has 0 bridgehead atoms. The Labute approximate surface area is 151 Å². The molecule has 134 valence electrons. The van der Waals surface area contributed by atoms with E-state index in [0.717, 1.165) is 44.8 Å². The molecule has 2 aromatic carbocycles. The second kappa shape index (κ2) is 8.13. The Balaban J connectivity index is 1.90. The van der Waals surface area contributed by atoms with Crippen molar-refractivity contribution in [3.05, 3.63) is 71.3 Å². The first-order valence-corrected chi connectivity index (χ1v) is 9.28. The number of hydrogen-bond donors (Lipinski definition) is 1. The topological polar surface area (TPSA) is 32.7 Å². The highest BCUT2D eigenvalue weighted by molar-refractivity contribution is 5.33. The summed E-state index contributed by atoms with van der Waals surface area (Å²) in [4.78, 5) is 2.40. The smallest absolute Gasteiger partial charge is 0.0949 e. The highest BCUT2D eigenvalue weighted by atomic mass is 16.5. The van der Waals surface area contributed by atoms with Gasteiger partial charge in [-0.05, 0) is 30.0 Å². The fraction of sp³-hybridized carbons (Fsp3) is 0.455.